The first kappa shape index (κ1) is 14.4. The molecule has 7 heteroatoms. The molecule has 0 amide bonds. The topological polar surface area (TPSA) is 58.0 Å². The normalized spacial score (nSPS) is 26.0. The molecular weight excluding hydrogens is 324 g/mol. The van der Waals surface area contributed by atoms with E-state index in [1.165, 1.54) is 12.8 Å². The third-order valence-electron chi connectivity index (χ3n) is 5.37. The fraction of sp³-hybridized carbons (Fsp3) is 0.529. The third-order valence-corrected chi connectivity index (χ3v) is 5.56. The van der Waals surface area contributed by atoms with Crippen LogP contribution in [0.4, 0.5) is 11.8 Å². The zero-order valence-electron chi connectivity index (χ0n) is 13.3. The van der Waals surface area contributed by atoms with Gasteiger partial charge in [-0.3, -0.25) is 0 Å². The molecule has 2 atom stereocenters. The van der Waals surface area contributed by atoms with Gasteiger partial charge >= 0.3 is 0 Å². The number of fused-ring (bicyclic) bond motifs is 1. The van der Waals surface area contributed by atoms with Gasteiger partial charge in [0, 0.05) is 43.9 Å². The highest BCUT2D eigenvalue weighted by Crippen LogP contribution is 2.39. The molecule has 4 heterocycles. The standard InChI is InChI=1S/C17H19ClN6/c18-14-5-19-17(20-6-14)24-9-12-7-23(8-13(12)10-24)16-4-3-15(21-22-16)11-1-2-11/h3-6,11-13H,1-2,7-10H2. The van der Waals surface area contributed by atoms with Crippen LogP contribution >= 0.6 is 11.6 Å². The van der Waals surface area contributed by atoms with Gasteiger partial charge in [0.2, 0.25) is 5.95 Å². The van der Waals surface area contributed by atoms with Crippen molar-refractivity contribution in [2.45, 2.75) is 18.8 Å². The van der Waals surface area contributed by atoms with Crippen molar-refractivity contribution < 1.29 is 0 Å². The molecule has 3 aliphatic rings. The van der Waals surface area contributed by atoms with Gasteiger partial charge in [-0.1, -0.05) is 11.6 Å². The van der Waals surface area contributed by atoms with Crippen LogP contribution in [0.25, 0.3) is 0 Å². The first-order valence-electron chi connectivity index (χ1n) is 8.57. The largest absolute Gasteiger partial charge is 0.354 e. The molecule has 6 nitrogen and oxygen atoms in total. The van der Waals surface area contributed by atoms with Crippen molar-refractivity contribution in [3.05, 3.63) is 35.2 Å². The van der Waals surface area contributed by atoms with Gasteiger partial charge in [-0.2, -0.15) is 5.10 Å². The second-order valence-corrected chi connectivity index (χ2v) is 7.56. The molecule has 0 spiro atoms. The van der Waals surface area contributed by atoms with E-state index in [2.05, 4.69) is 42.1 Å². The van der Waals surface area contributed by atoms with Gasteiger partial charge in [-0.05, 0) is 25.0 Å². The molecule has 24 heavy (non-hydrogen) atoms. The fourth-order valence-corrected chi connectivity index (χ4v) is 4.01. The number of nitrogens with zero attached hydrogens (tertiary/aromatic N) is 6. The molecule has 0 N–H and O–H groups in total. The van der Waals surface area contributed by atoms with Crippen LogP contribution in [0.3, 0.4) is 0 Å². The summed E-state index contributed by atoms with van der Waals surface area (Å²) in [4.78, 5) is 13.3. The lowest BCUT2D eigenvalue weighted by molar-refractivity contribution is 0.533. The SMILES string of the molecule is Clc1cnc(N2CC3CN(c4ccc(C5CC5)nn4)CC3C2)nc1. The number of anilines is 2. The molecule has 2 aliphatic heterocycles. The van der Waals surface area contributed by atoms with Gasteiger partial charge in [-0.15, -0.1) is 5.10 Å². The lowest BCUT2D eigenvalue weighted by Gasteiger charge is -2.22. The summed E-state index contributed by atoms with van der Waals surface area (Å²) in [7, 11) is 0. The van der Waals surface area contributed by atoms with Crippen LogP contribution in [0.1, 0.15) is 24.5 Å². The van der Waals surface area contributed by atoms with Gasteiger partial charge in [0.25, 0.3) is 0 Å². The minimum atomic E-state index is 0.581. The van der Waals surface area contributed by atoms with Crippen LogP contribution in [0.15, 0.2) is 24.5 Å². The van der Waals surface area contributed by atoms with Crippen molar-refractivity contribution in [2.75, 3.05) is 36.0 Å². The monoisotopic (exact) mass is 342 g/mol. The summed E-state index contributed by atoms with van der Waals surface area (Å²) in [6.07, 6.45) is 5.87. The van der Waals surface area contributed by atoms with Crippen molar-refractivity contribution in [3.8, 4) is 0 Å². The molecule has 124 valence electrons. The molecule has 5 rings (SSSR count). The average molecular weight is 343 g/mol. The number of hydrogen-bond acceptors (Lipinski definition) is 6. The summed E-state index contributed by atoms with van der Waals surface area (Å²) < 4.78 is 0. The van der Waals surface area contributed by atoms with E-state index < -0.39 is 0 Å². The molecule has 2 unspecified atom stereocenters. The van der Waals surface area contributed by atoms with E-state index in [0.717, 1.165) is 43.6 Å². The summed E-state index contributed by atoms with van der Waals surface area (Å²) >= 11 is 5.87. The number of halogens is 1. The Morgan fingerprint density at radius 2 is 1.54 bits per heavy atom. The van der Waals surface area contributed by atoms with Crippen molar-refractivity contribution in [1.29, 1.82) is 0 Å². The molecule has 3 fully saturated rings. The second-order valence-electron chi connectivity index (χ2n) is 7.12. The first-order chi connectivity index (χ1) is 11.8. The molecule has 1 saturated carbocycles. The Bertz CT molecular complexity index is 716. The summed E-state index contributed by atoms with van der Waals surface area (Å²) in [5.41, 5.74) is 1.16. The van der Waals surface area contributed by atoms with E-state index in [0.29, 0.717) is 22.8 Å². The van der Waals surface area contributed by atoms with Crippen LogP contribution in [-0.4, -0.2) is 46.3 Å². The molecular formula is C17H19ClN6. The van der Waals surface area contributed by atoms with Crippen LogP contribution in [0, 0.1) is 11.8 Å². The third kappa shape index (κ3) is 2.59. The fourth-order valence-electron chi connectivity index (χ4n) is 3.91. The van der Waals surface area contributed by atoms with Gasteiger partial charge in [0.1, 0.15) is 0 Å². The van der Waals surface area contributed by atoms with Crippen LogP contribution in [-0.2, 0) is 0 Å². The van der Waals surface area contributed by atoms with Crippen LogP contribution < -0.4 is 9.80 Å². The molecule has 2 saturated heterocycles. The average Bonchev–Trinajstić information content (AvgIpc) is 3.26. The van der Waals surface area contributed by atoms with Crippen molar-refractivity contribution in [2.24, 2.45) is 11.8 Å². The Morgan fingerprint density at radius 1 is 0.875 bits per heavy atom. The number of rotatable bonds is 3. The Labute approximate surface area is 145 Å². The zero-order chi connectivity index (χ0) is 16.1. The van der Waals surface area contributed by atoms with E-state index in [9.17, 15) is 0 Å². The van der Waals surface area contributed by atoms with Gasteiger partial charge < -0.3 is 9.80 Å². The molecule has 2 aromatic rings. The zero-order valence-corrected chi connectivity index (χ0v) is 14.1. The Kier molecular flexibility index (Phi) is 3.33. The van der Waals surface area contributed by atoms with Crippen LogP contribution in [0.2, 0.25) is 5.02 Å². The Morgan fingerprint density at radius 3 is 2.12 bits per heavy atom. The highest BCUT2D eigenvalue weighted by atomic mass is 35.5. The lowest BCUT2D eigenvalue weighted by Crippen LogP contribution is -2.30. The lowest BCUT2D eigenvalue weighted by atomic mass is 10.0. The maximum Gasteiger partial charge on any atom is 0.225 e. The summed E-state index contributed by atoms with van der Waals surface area (Å²) in [6, 6.07) is 4.30. The maximum absolute atomic E-state index is 5.87. The van der Waals surface area contributed by atoms with Crippen molar-refractivity contribution in [3.63, 3.8) is 0 Å². The number of aromatic nitrogens is 4. The molecule has 1 aliphatic carbocycles. The highest BCUT2D eigenvalue weighted by Gasteiger charge is 2.41. The minimum Gasteiger partial charge on any atom is -0.354 e. The molecule has 0 aromatic carbocycles. The summed E-state index contributed by atoms with van der Waals surface area (Å²) in [6.45, 7) is 4.06. The van der Waals surface area contributed by atoms with Crippen LogP contribution in [0.5, 0.6) is 0 Å². The maximum atomic E-state index is 5.87. The van der Waals surface area contributed by atoms with Gasteiger partial charge in [0.05, 0.1) is 23.1 Å². The predicted octanol–water partition coefficient (Wildman–Crippen LogP) is 2.37. The van der Waals surface area contributed by atoms with Crippen molar-refractivity contribution >= 4 is 23.4 Å². The Balaban J connectivity index is 1.25. The van der Waals surface area contributed by atoms with E-state index in [-0.39, 0.29) is 0 Å². The highest BCUT2D eigenvalue weighted by molar-refractivity contribution is 6.30. The van der Waals surface area contributed by atoms with E-state index in [1.54, 1.807) is 12.4 Å². The Hall–Kier alpha value is -1.95. The molecule has 0 radical (unpaired) electrons. The quantitative estimate of drug-likeness (QED) is 0.853. The first-order valence-corrected chi connectivity index (χ1v) is 8.95. The number of hydrogen-bond donors (Lipinski definition) is 0. The molecule has 0 bridgehead atoms. The second kappa shape index (κ2) is 5.55. The van der Waals surface area contributed by atoms with Crippen molar-refractivity contribution in [1.82, 2.24) is 20.2 Å². The summed E-state index contributed by atoms with van der Waals surface area (Å²) in [5, 5.41) is 9.46. The smallest absolute Gasteiger partial charge is 0.225 e. The minimum absolute atomic E-state index is 0.581. The predicted molar refractivity (Wildman–Crippen MR) is 92.5 cm³/mol. The summed E-state index contributed by atoms with van der Waals surface area (Å²) in [5.74, 6) is 3.73. The van der Waals surface area contributed by atoms with Gasteiger partial charge in [-0.25, -0.2) is 9.97 Å². The van der Waals surface area contributed by atoms with E-state index >= 15 is 0 Å². The van der Waals surface area contributed by atoms with E-state index in [4.69, 9.17) is 11.6 Å². The molecule has 2 aromatic heterocycles. The van der Waals surface area contributed by atoms with Gasteiger partial charge in [0.15, 0.2) is 5.82 Å². The van der Waals surface area contributed by atoms with E-state index in [1.807, 2.05) is 0 Å².